The summed E-state index contributed by atoms with van der Waals surface area (Å²) in [6.07, 6.45) is 2.58. The van der Waals surface area contributed by atoms with Gasteiger partial charge in [-0.3, -0.25) is 4.98 Å². The van der Waals surface area contributed by atoms with Crippen molar-refractivity contribution < 1.29 is 17.0 Å². The summed E-state index contributed by atoms with van der Waals surface area (Å²) in [6.45, 7) is 0. The predicted octanol–water partition coefficient (Wildman–Crippen LogP) is 2.64. The number of hydrogen-bond acceptors (Lipinski definition) is 4. The molecule has 0 N–H and O–H groups in total. The summed E-state index contributed by atoms with van der Waals surface area (Å²) < 4.78 is 41.3. The highest BCUT2D eigenvalue weighted by molar-refractivity contribution is 7.87. The summed E-state index contributed by atoms with van der Waals surface area (Å²) in [5.41, 5.74) is 0. The van der Waals surface area contributed by atoms with Crippen molar-refractivity contribution in [1.29, 1.82) is 0 Å². The van der Waals surface area contributed by atoms with E-state index in [-0.39, 0.29) is 15.7 Å². The van der Waals surface area contributed by atoms with Crippen LogP contribution in [0, 0.1) is 5.82 Å². The van der Waals surface area contributed by atoms with Gasteiger partial charge in [-0.2, -0.15) is 8.42 Å². The minimum absolute atomic E-state index is 0.106. The highest BCUT2D eigenvalue weighted by atomic mass is 35.5. The third-order valence-corrected chi connectivity index (χ3v) is 3.53. The highest BCUT2D eigenvalue weighted by Gasteiger charge is 2.18. The van der Waals surface area contributed by atoms with Gasteiger partial charge in [-0.1, -0.05) is 11.6 Å². The Morgan fingerprint density at radius 1 is 1.28 bits per heavy atom. The highest BCUT2D eigenvalue weighted by Crippen LogP contribution is 2.27. The van der Waals surface area contributed by atoms with Crippen molar-refractivity contribution in [2.24, 2.45) is 0 Å². The first kappa shape index (κ1) is 12.8. The van der Waals surface area contributed by atoms with Crippen LogP contribution in [0.25, 0.3) is 0 Å². The fraction of sp³-hybridized carbons (Fsp3) is 0. The van der Waals surface area contributed by atoms with E-state index in [4.69, 9.17) is 15.8 Å². The molecule has 0 fully saturated rings. The zero-order valence-electron chi connectivity index (χ0n) is 8.88. The smallest absolute Gasteiger partial charge is 0.340 e. The second-order valence-corrected chi connectivity index (χ2v) is 5.25. The van der Waals surface area contributed by atoms with Crippen LogP contribution in [0.1, 0.15) is 0 Å². The van der Waals surface area contributed by atoms with E-state index in [0.29, 0.717) is 0 Å². The van der Waals surface area contributed by atoms with Gasteiger partial charge in [0, 0.05) is 12.4 Å². The molecule has 0 aliphatic rings. The average Bonchev–Trinajstić information content (AvgIpc) is 2.34. The molecule has 0 aliphatic carbocycles. The minimum atomic E-state index is -4.02. The van der Waals surface area contributed by atoms with Crippen LogP contribution in [0.3, 0.4) is 0 Å². The molecular formula is C11H7ClFNO3S. The molecule has 0 saturated carbocycles. The molecule has 1 aromatic heterocycles. The van der Waals surface area contributed by atoms with E-state index >= 15 is 0 Å². The van der Waals surface area contributed by atoms with E-state index in [1.165, 1.54) is 18.3 Å². The maximum absolute atomic E-state index is 12.8. The van der Waals surface area contributed by atoms with Crippen LogP contribution in [0.15, 0.2) is 47.6 Å². The van der Waals surface area contributed by atoms with Crippen LogP contribution in [0.4, 0.5) is 4.39 Å². The number of rotatable bonds is 3. The second-order valence-electron chi connectivity index (χ2n) is 3.30. The fourth-order valence-corrected chi connectivity index (χ4v) is 2.37. The first-order valence-corrected chi connectivity index (χ1v) is 6.57. The summed E-state index contributed by atoms with van der Waals surface area (Å²) in [5, 5.41) is -0.123. The molecule has 2 rings (SSSR count). The van der Waals surface area contributed by atoms with Crippen molar-refractivity contribution in [3.8, 4) is 5.75 Å². The van der Waals surface area contributed by atoms with Gasteiger partial charge in [0.15, 0.2) is 5.75 Å². The van der Waals surface area contributed by atoms with Crippen LogP contribution < -0.4 is 4.18 Å². The first-order chi connectivity index (χ1) is 8.49. The molecule has 0 radical (unpaired) electrons. The molecule has 7 heteroatoms. The maximum atomic E-state index is 12.8. The topological polar surface area (TPSA) is 56.3 Å². The predicted molar refractivity (Wildman–Crippen MR) is 63.5 cm³/mol. The molecular weight excluding hydrogens is 281 g/mol. The summed E-state index contributed by atoms with van der Waals surface area (Å²) in [5.74, 6) is -0.715. The molecule has 0 saturated heterocycles. The van der Waals surface area contributed by atoms with Crippen molar-refractivity contribution in [3.05, 3.63) is 53.6 Å². The van der Waals surface area contributed by atoms with Gasteiger partial charge in [0.2, 0.25) is 0 Å². The Kier molecular flexibility index (Phi) is 3.49. The van der Waals surface area contributed by atoms with E-state index in [9.17, 15) is 12.8 Å². The monoisotopic (exact) mass is 287 g/mol. The molecule has 0 atom stereocenters. The standard InChI is InChI=1S/C11H7ClFNO3S/c12-10-6-8(13)3-4-11(10)17-18(15,16)9-2-1-5-14-7-9/h1-7H. The van der Waals surface area contributed by atoms with Gasteiger partial charge in [-0.15, -0.1) is 0 Å². The fourth-order valence-electron chi connectivity index (χ4n) is 1.20. The van der Waals surface area contributed by atoms with Gasteiger partial charge < -0.3 is 4.18 Å². The Bertz CT molecular complexity index is 661. The van der Waals surface area contributed by atoms with Crippen molar-refractivity contribution in [2.45, 2.75) is 4.90 Å². The van der Waals surface area contributed by atoms with Gasteiger partial charge in [-0.25, -0.2) is 4.39 Å². The SMILES string of the molecule is O=S(=O)(Oc1ccc(F)cc1Cl)c1cccnc1. The number of pyridine rings is 1. The summed E-state index contributed by atoms with van der Waals surface area (Å²) in [4.78, 5) is 3.57. The van der Waals surface area contributed by atoms with Gasteiger partial charge in [0.05, 0.1) is 5.02 Å². The Hall–Kier alpha value is -1.66. The zero-order chi connectivity index (χ0) is 13.2. The largest absolute Gasteiger partial charge is 0.377 e. The molecule has 0 bridgehead atoms. The lowest BCUT2D eigenvalue weighted by Gasteiger charge is -2.07. The molecule has 0 unspecified atom stereocenters. The van der Waals surface area contributed by atoms with E-state index in [1.807, 2.05) is 0 Å². The van der Waals surface area contributed by atoms with Gasteiger partial charge in [-0.05, 0) is 30.3 Å². The first-order valence-electron chi connectivity index (χ1n) is 4.78. The molecule has 1 aromatic carbocycles. The van der Waals surface area contributed by atoms with Crippen LogP contribution in [0.5, 0.6) is 5.75 Å². The summed E-state index contributed by atoms with van der Waals surface area (Å²) in [6, 6.07) is 5.96. The maximum Gasteiger partial charge on any atom is 0.340 e. The van der Waals surface area contributed by atoms with Gasteiger partial charge in [0.25, 0.3) is 0 Å². The lowest BCUT2D eigenvalue weighted by molar-refractivity contribution is 0.484. The molecule has 0 amide bonds. The molecule has 0 spiro atoms. The number of nitrogens with zero attached hydrogens (tertiary/aromatic N) is 1. The number of hydrogen-bond donors (Lipinski definition) is 0. The summed E-state index contributed by atoms with van der Waals surface area (Å²) in [7, 11) is -4.02. The number of benzene rings is 1. The lowest BCUT2D eigenvalue weighted by atomic mass is 10.3. The Morgan fingerprint density at radius 2 is 2.06 bits per heavy atom. The summed E-state index contributed by atoms with van der Waals surface area (Å²) >= 11 is 5.68. The molecule has 2 aromatic rings. The molecule has 4 nitrogen and oxygen atoms in total. The van der Waals surface area contributed by atoms with E-state index in [2.05, 4.69) is 4.98 Å². The average molecular weight is 288 g/mol. The van der Waals surface area contributed by atoms with Gasteiger partial charge >= 0.3 is 10.1 Å². The zero-order valence-corrected chi connectivity index (χ0v) is 10.5. The molecule has 18 heavy (non-hydrogen) atoms. The third-order valence-electron chi connectivity index (χ3n) is 2.02. The van der Waals surface area contributed by atoms with Crippen molar-refractivity contribution >= 4 is 21.7 Å². The number of halogens is 2. The van der Waals surface area contributed by atoms with Crippen LogP contribution in [-0.4, -0.2) is 13.4 Å². The minimum Gasteiger partial charge on any atom is -0.377 e. The van der Waals surface area contributed by atoms with Crippen molar-refractivity contribution in [2.75, 3.05) is 0 Å². The van der Waals surface area contributed by atoms with E-state index < -0.39 is 15.9 Å². The van der Waals surface area contributed by atoms with Crippen LogP contribution in [-0.2, 0) is 10.1 Å². The van der Waals surface area contributed by atoms with Crippen LogP contribution >= 0.6 is 11.6 Å². The van der Waals surface area contributed by atoms with Gasteiger partial charge in [0.1, 0.15) is 10.7 Å². The normalized spacial score (nSPS) is 11.2. The Labute approximate surface area is 108 Å². The number of aromatic nitrogens is 1. The van der Waals surface area contributed by atoms with E-state index in [1.54, 1.807) is 0 Å². The molecule has 94 valence electrons. The Balaban J connectivity index is 2.34. The third kappa shape index (κ3) is 2.77. The second kappa shape index (κ2) is 4.91. The van der Waals surface area contributed by atoms with E-state index in [0.717, 1.165) is 24.4 Å². The molecule has 0 aliphatic heterocycles. The molecule has 1 heterocycles. The van der Waals surface area contributed by atoms with Crippen molar-refractivity contribution in [3.63, 3.8) is 0 Å². The lowest BCUT2D eigenvalue weighted by Crippen LogP contribution is -2.10. The Morgan fingerprint density at radius 3 is 2.67 bits per heavy atom. The van der Waals surface area contributed by atoms with Crippen LogP contribution in [0.2, 0.25) is 5.02 Å². The van der Waals surface area contributed by atoms with Crippen molar-refractivity contribution in [1.82, 2.24) is 4.98 Å². The quantitative estimate of drug-likeness (QED) is 0.814.